The third-order valence-electron chi connectivity index (χ3n) is 8.31. The molecule has 1 heterocycles. The molecule has 5 rings (SSSR count). The van der Waals surface area contributed by atoms with Gasteiger partial charge in [0.05, 0.1) is 27.9 Å². The Hall–Kier alpha value is -6.47. The zero-order chi connectivity index (χ0) is 37.1. The van der Waals surface area contributed by atoms with Gasteiger partial charge >= 0.3 is 11.7 Å². The van der Waals surface area contributed by atoms with Gasteiger partial charge in [-0.15, -0.1) is 0 Å². The first-order valence-corrected chi connectivity index (χ1v) is 16.2. The van der Waals surface area contributed by atoms with Crippen LogP contribution in [0.5, 0.6) is 17.2 Å². The molecule has 0 atom stereocenters. The number of carbonyl (C=O) groups is 3. The van der Waals surface area contributed by atoms with E-state index in [1.54, 1.807) is 38.5 Å². The maximum atomic E-state index is 13.5. The molecule has 4 aromatic carbocycles. The molecular weight excluding hydrogens is 668 g/mol. The summed E-state index contributed by atoms with van der Waals surface area (Å²) < 4.78 is 23.7. The minimum absolute atomic E-state index is 0.0142. The highest BCUT2D eigenvalue weighted by atomic mass is 16.5. The number of carboxylic acid groups (broad SMARTS) is 1. The van der Waals surface area contributed by atoms with Crippen LogP contribution in [0.25, 0.3) is 0 Å². The highest BCUT2D eigenvalue weighted by Gasteiger charge is 2.38. The molecule has 52 heavy (non-hydrogen) atoms. The fourth-order valence-corrected chi connectivity index (χ4v) is 5.63. The molecule has 5 aromatic rings. The van der Waals surface area contributed by atoms with Gasteiger partial charge in [0.25, 0.3) is 5.91 Å². The quantitative estimate of drug-likeness (QED) is 0.141. The minimum Gasteiger partial charge on any atom is -0.497 e. The Labute approximate surface area is 300 Å². The Morgan fingerprint density at radius 2 is 1.27 bits per heavy atom. The number of nitrogens with one attached hydrogen (secondary N) is 1. The molecule has 13 nitrogen and oxygen atoms in total. The van der Waals surface area contributed by atoms with Crippen molar-refractivity contribution in [2.24, 2.45) is 0 Å². The van der Waals surface area contributed by atoms with Crippen LogP contribution < -0.4 is 25.2 Å². The maximum absolute atomic E-state index is 13.5. The fraction of sp³-hybridized carbons (Fsp3) is 0.205. The number of carboxylic acids is 1. The van der Waals surface area contributed by atoms with E-state index in [1.807, 2.05) is 78.9 Å². The number of aliphatic carboxylic acids is 1. The third-order valence-corrected chi connectivity index (χ3v) is 8.31. The van der Waals surface area contributed by atoms with Gasteiger partial charge in [0.1, 0.15) is 41.8 Å². The van der Waals surface area contributed by atoms with Crippen LogP contribution in [0.1, 0.15) is 27.0 Å². The van der Waals surface area contributed by atoms with Crippen molar-refractivity contribution in [2.45, 2.75) is 12.1 Å². The van der Waals surface area contributed by atoms with E-state index in [-0.39, 0.29) is 19.0 Å². The van der Waals surface area contributed by atoms with Crippen LogP contribution in [-0.2, 0) is 26.5 Å². The van der Waals surface area contributed by atoms with Crippen molar-refractivity contribution in [3.8, 4) is 17.2 Å². The monoisotopic (exact) mass is 706 g/mol. The second-order valence-corrected chi connectivity index (χ2v) is 11.5. The first-order valence-electron chi connectivity index (χ1n) is 16.2. The number of rotatable bonds is 16. The predicted molar refractivity (Wildman–Crippen MR) is 192 cm³/mol. The highest BCUT2D eigenvalue weighted by Crippen LogP contribution is 2.41. The lowest BCUT2D eigenvalue weighted by atomic mass is 9.80. The van der Waals surface area contributed by atoms with Crippen molar-refractivity contribution in [1.82, 2.24) is 14.5 Å². The van der Waals surface area contributed by atoms with Gasteiger partial charge in [-0.3, -0.25) is 19.0 Å². The second-order valence-electron chi connectivity index (χ2n) is 11.5. The van der Waals surface area contributed by atoms with Crippen LogP contribution >= 0.6 is 0 Å². The average Bonchev–Trinajstić information content (AvgIpc) is 3.17. The first kappa shape index (κ1) is 36.8. The molecule has 0 radical (unpaired) electrons. The summed E-state index contributed by atoms with van der Waals surface area (Å²) in [6, 6.07) is 32.1. The Morgan fingerprint density at radius 3 is 1.77 bits per heavy atom. The molecule has 0 aliphatic heterocycles. The van der Waals surface area contributed by atoms with Crippen molar-refractivity contribution >= 4 is 23.6 Å². The van der Waals surface area contributed by atoms with Gasteiger partial charge in [-0.1, -0.05) is 54.6 Å². The van der Waals surface area contributed by atoms with E-state index >= 15 is 0 Å². The number of hydrogen-bond donors (Lipinski definition) is 2. The van der Waals surface area contributed by atoms with Crippen LogP contribution in [0, 0.1) is 0 Å². The number of aromatic nitrogens is 2. The van der Waals surface area contributed by atoms with E-state index in [0.717, 1.165) is 26.2 Å². The molecule has 0 unspecified atom stereocenters. The summed E-state index contributed by atoms with van der Waals surface area (Å²) in [6.45, 7) is -1.34. The number of anilines is 1. The number of nitrogens with zero attached hydrogens (tertiary/aromatic N) is 3. The second kappa shape index (κ2) is 17.0. The number of carbonyl (C=O) groups excluding carboxylic acids is 2. The number of methoxy groups -OCH3 is 3. The molecule has 13 heteroatoms. The molecule has 0 bridgehead atoms. The summed E-state index contributed by atoms with van der Waals surface area (Å²) in [7, 11) is 4.67. The van der Waals surface area contributed by atoms with Crippen molar-refractivity contribution < 1.29 is 38.4 Å². The smallest absolute Gasteiger partial charge is 0.349 e. The Bertz CT molecular complexity index is 1980. The summed E-state index contributed by atoms with van der Waals surface area (Å²) in [5, 5.41) is 12.3. The van der Waals surface area contributed by atoms with Gasteiger partial charge in [-0.05, 0) is 71.3 Å². The van der Waals surface area contributed by atoms with Crippen LogP contribution in [0.3, 0.4) is 0 Å². The first-order chi connectivity index (χ1) is 25.2. The summed E-state index contributed by atoms with van der Waals surface area (Å²) in [5.74, 6) is -0.520. The number of amides is 2. The van der Waals surface area contributed by atoms with E-state index in [0.29, 0.717) is 22.8 Å². The Kier molecular flexibility index (Phi) is 12.0. The van der Waals surface area contributed by atoms with Crippen molar-refractivity contribution in [3.63, 3.8) is 0 Å². The van der Waals surface area contributed by atoms with Crippen LogP contribution in [0.15, 0.2) is 120 Å². The van der Waals surface area contributed by atoms with Gasteiger partial charge in [-0.2, -0.15) is 4.98 Å². The van der Waals surface area contributed by atoms with Gasteiger partial charge in [0.2, 0.25) is 5.91 Å². The lowest BCUT2D eigenvalue weighted by molar-refractivity contribution is -0.145. The van der Waals surface area contributed by atoms with Crippen molar-refractivity contribution in [3.05, 3.63) is 148 Å². The topological polar surface area (TPSA) is 159 Å². The van der Waals surface area contributed by atoms with E-state index in [9.17, 15) is 24.3 Å². The van der Waals surface area contributed by atoms with Crippen LogP contribution in [0.4, 0.5) is 5.82 Å². The lowest BCUT2D eigenvalue weighted by Gasteiger charge is -2.36. The Morgan fingerprint density at radius 1 is 0.750 bits per heavy atom. The van der Waals surface area contributed by atoms with Gasteiger partial charge in [0, 0.05) is 18.3 Å². The minimum atomic E-state index is -1.24. The molecule has 0 fully saturated rings. The van der Waals surface area contributed by atoms with Crippen LogP contribution in [-0.4, -0.2) is 78.4 Å². The highest BCUT2D eigenvalue weighted by molar-refractivity contribution is 6.03. The molecule has 0 saturated carbocycles. The van der Waals surface area contributed by atoms with E-state index in [2.05, 4.69) is 10.3 Å². The van der Waals surface area contributed by atoms with Gasteiger partial charge < -0.3 is 34.3 Å². The van der Waals surface area contributed by atoms with E-state index in [4.69, 9.17) is 18.9 Å². The van der Waals surface area contributed by atoms with E-state index in [1.165, 1.54) is 19.4 Å². The Balaban J connectivity index is 1.37. The fourth-order valence-electron chi connectivity index (χ4n) is 5.63. The largest absolute Gasteiger partial charge is 0.497 e. The lowest BCUT2D eigenvalue weighted by Crippen LogP contribution is -2.43. The third kappa shape index (κ3) is 8.63. The molecule has 0 aliphatic rings. The number of ether oxygens (including phenoxy) is 4. The van der Waals surface area contributed by atoms with Crippen LogP contribution in [0.2, 0.25) is 0 Å². The van der Waals surface area contributed by atoms with Gasteiger partial charge in [0.15, 0.2) is 0 Å². The molecule has 2 N–H and O–H groups in total. The molecule has 0 aliphatic carbocycles. The molecule has 0 spiro atoms. The zero-order valence-electron chi connectivity index (χ0n) is 28.9. The summed E-state index contributed by atoms with van der Waals surface area (Å²) >= 11 is 0. The van der Waals surface area contributed by atoms with E-state index < -0.39 is 42.2 Å². The average molecular weight is 707 g/mol. The van der Waals surface area contributed by atoms with Crippen molar-refractivity contribution in [1.29, 1.82) is 0 Å². The summed E-state index contributed by atoms with van der Waals surface area (Å²) in [4.78, 5) is 55.9. The normalized spacial score (nSPS) is 11.0. The molecule has 2 amide bonds. The summed E-state index contributed by atoms with van der Waals surface area (Å²) in [5.41, 5.74) is 0.636. The standard InChI is InChI=1S/C39H38N4O9/c1-49-31-15-9-27(10-16-31)37(47)40-34-21-22-43(38(48)41-34)25-35(44)42(26-36(45)46)23-24-52-39(28-7-5-4-6-8-28,29-11-17-32(50-2)18-12-29)30-13-19-33(51-3)20-14-30/h4-22H,23-26H2,1-3H3,(H,45,46)(H,40,41,47,48). The number of benzene rings is 4. The SMILES string of the molecule is COc1ccc(C(=O)Nc2ccn(CC(=O)N(CCOC(c3ccccc3)(c3ccc(OC)cc3)c3ccc(OC)cc3)CC(=O)O)c(=O)n2)cc1. The number of hydrogen-bond acceptors (Lipinski definition) is 9. The zero-order valence-corrected chi connectivity index (χ0v) is 28.9. The molecule has 268 valence electrons. The summed E-state index contributed by atoms with van der Waals surface area (Å²) in [6.07, 6.45) is 1.31. The maximum Gasteiger partial charge on any atom is 0.349 e. The molecule has 0 saturated heterocycles. The molecular formula is C39H38N4O9. The van der Waals surface area contributed by atoms with Crippen molar-refractivity contribution in [2.75, 3.05) is 46.3 Å². The van der Waals surface area contributed by atoms with Gasteiger partial charge in [-0.25, -0.2) is 4.79 Å². The molecule has 1 aromatic heterocycles. The predicted octanol–water partition coefficient (Wildman–Crippen LogP) is 4.44.